The van der Waals surface area contributed by atoms with Gasteiger partial charge in [-0.2, -0.15) is 0 Å². The third-order valence-electron chi connectivity index (χ3n) is 2.22. The molecule has 1 atom stereocenters. The van der Waals surface area contributed by atoms with E-state index in [9.17, 15) is 4.79 Å². The van der Waals surface area contributed by atoms with E-state index < -0.39 is 6.04 Å². The second-order valence-corrected chi connectivity index (χ2v) is 3.19. The maximum atomic E-state index is 11.4. The second-order valence-electron chi connectivity index (χ2n) is 3.19. The third-order valence-corrected chi connectivity index (χ3v) is 2.22. The van der Waals surface area contributed by atoms with Crippen LogP contribution in [0, 0.1) is 6.57 Å². The van der Waals surface area contributed by atoms with Crippen molar-refractivity contribution in [2.75, 3.05) is 13.1 Å². The van der Waals surface area contributed by atoms with Crippen molar-refractivity contribution in [1.29, 1.82) is 0 Å². The lowest BCUT2D eigenvalue weighted by Gasteiger charge is -2.25. The minimum absolute atomic E-state index is 0.00435. The standard InChI is InChI=1S/C9H14N2O/c1-8(10-2)9(12)11-6-4-3-5-7-11/h8H,3-7H2,1H3. The van der Waals surface area contributed by atoms with Gasteiger partial charge in [-0.25, -0.2) is 6.57 Å². The number of carbonyl (C=O) groups excluding carboxylic acids is 1. The SMILES string of the molecule is [C-]#[N+]C(C)C(=O)N1CCCCC1. The van der Waals surface area contributed by atoms with Crippen LogP contribution in [-0.4, -0.2) is 29.9 Å². The van der Waals surface area contributed by atoms with Crippen molar-refractivity contribution >= 4 is 5.91 Å². The van der Waals surface area contributed by atoms with Crippen molar-refractivity contribution in [2.45, 2.75) is 32.2 Å². The van der Waals surface area contributed by atoms with E-state index in [2.05, 4.69) is 4.85 Å². The molecule has 0 aromatic carbocycles. The number of likely N-dealkylation sites (tertiary alicyclic amines) is 1. The van der Waals surface area contributed by atoms with Crippen molar-refractivity contribution in [2.24, 2.45) is 0 Å². The van der Waals surface area contributed by atoms with E-state index in [0.717, 1.165) is 25.9 Å². The Bertz CT molecular complexity index is 201. The first-order valence-electron chi connectivity index (χ1n) is 4.41. The number of carbonyl (C=O) groups is 1. The molecular weight excluding hydrogens is 152 g/mol. The summed E-state index contributed by atoms with van der Waals surface area (Å²) in [5, 5.41) is 0. The van der Waals surface area contributed by atoms with E-state index in [1.54, 1.807) is 6.92 Å². The summed E-state index contributed by atoms with van der Waals surface area (Å²) < 4.78 is 0. The molecule has 3 nitrogen and oxygen atoms in total. The van der Waals surface area contributed by atoms with Crippen LogP contribution in [0.4, 0.5) is 0 Å². The van der Waals surface area contributed by atoms with E-state index in [4.69, 9.17) is 6.57 Å². The molecular formula is C9H14N2O. The van der Waals surface area contributed by atoms with Crippen LogP contribution in [0.5, 0.6) is 0 Å². The van der Waals surface area contributed by atoms with Crippen molar-refractivity contribution in [3.63, 3.8) is 0 Å². The summed E-state index contributed by atoms with van der Waals surface area (Å²) in [7, 11) is 0. The second kappa shape index (κ2) is 4.10. The summed E-state index contributed by atoms with van der Waals surface area (Å²) in [6.45, 7) is 10.1. The molecule has 0 radical (unpaired) electrons. The van der Waals surface area contributed by atoms with Gasteiger partial charge in [0.05, 0.1) is 0 Å². The molecule has 1 amide bonds. The number of amides is 1. The normalized spacial score (nSPS) is 19.8. The molecule has 1 aliphatic rings. The van der Waals surface area contributed by atoms with Crippen LogP contribution in [0.25, 0.3) is 4.85 Å². The minimum atomic E-state index is -0.483. The quantitative estimate of drug-likeness (QED) is 0.539. The molecule has 1 unspecified atom stereocenters. The van der Waals surface area contributed by atoms with Gasteiger partial charge >= 0.3 is 5.91 Å². The fourth-order valence-corrected chi connectivity index (χ4v) is 1.43. The van der Waals surface area contributed by atoms with Crippen LogP contribution in [0.15, 0.2) is 0 Å². The zero-order valence-electron chi connectivity index (χ0n) is 7.42. The molecule has 0 aromatic rings. The highest BCUT2D eigenvalue weighted by molar-refractivity contribution is 5.83. The Morgan fingerprint density at radius 1 is 1.42 bits per heavy atom. The summed E-state index contributed by atoms with van der Waals surface area (Å²) in [5.74, 6) is 0.00435. The summed E-state index contributed by atoms with van der Waals surface area (Å²) in [5.41, 5.74) is 0. The molecule has 0 aliphatic carbocycles. The average molecular weight is 166 g/mol. The minimum Gasteiger partial charge on any atom is -0.336 e. The molecule has 0 spiro atoms. The Balaban J connectivity index is 2.46. The topological polar surface area (TPSA) is 24.7 Å². The van der Waals surface area contributed by atoms with E-state index >= 15 is 0 Å². The van der Waals surface area contributed by atoms with Crippen LogP contribution in [0.3, 0.4) is 0 Å². The Kier molecular flexibility index (Phi) is 3.09. The Hall–Kier alpha value is -1.04. The van der Waals surface area contributed by atoms with Gasteiger partial charge in [-0.15, -0.1) is 0 Å². The first-order chi connectivity index (χ1) is 5.75. The maximum absolute atomic E-state index is 11.4. The monoisotopic (exact) mass is 166 g/mol. The highest BCUT2D eigenvalue weighted by Gasteiger charge is 2.24. The van der Waals surface area contributed by atoms with Crippen molar-refractivity contribution in [1.82, 2.24) is 4.90 Å². The number of rotatable bonds is 1. The van der Waals surface area contributed by atoms with Crippen LogP contribution >= 0.6 is 0 Å². The predicted molar refractivity (Wildman–Crippen MR) is 46.5 cm³/mol. The molecule has 66 valence electrons. The van der Waals surface area contributed by atoms with E-state index in [1.807, 2.05) is 4.90 Å². The van der Waals surface area contributed by atoms with Gasteiger partial charge in [0.2, 0.25) is 0 Å². The fraction of sp³-hybridized carbons (Fsp3) is 0.778. The zero-order chi connectivity index (χ0) is 8.97. The van der Waals surface area contributed by atoms with Crippen LogP contribution < -0.4 is 0 Å². The maximum Gasteiger partial charge on any atom is 0.305 e. The lowest BCUT2D eigenvalue weighted by atomic mass is 10.1. The van der Waals surface area contributed by atoms with Gasteiger partial charge in [0, 0.05) is 20.0 Å². The summed E-state index contributed by atoms with van der Waals surface area (Å²) >= 11 is 0. The molecule has 0 N–H and O–H groups in total. The van der Waals surface area contributed by atoms with Gasteiger partial charge in [-0.3, -0.25) is 4.79 Å². The summed E-state index contributed by atoms with van der Waals surface area (Å²) in [4.78, 5) is 16.5. The van der Waals surface area contributed by atoms with E-state index in [0.29, 0.717) is 0 Å². The smallest absolute Gasteiger partial charge is 0.305 e. The molecule has 1 saturated heterocycles. The molecule has 0 bridgehead atoms. The average Bonchev–Trinajstić information content (AvgIpc) is 2.17. The predicted octanol–water partition coefficient (Wildman–Crippen LogP) is 1.31. The number of piperidine rings is 1. The molecule has 1 fully saturated rings. The Labute approximate surface area is 73.2 Å². The van der Waals surface area contributed by atoms with Crippen molar-refractivity contribution in [3.8, 4) is 0 Å². The Morgan fingerprint density at radius 2 is 2.00 bits per heavy atom. The van der Waals surface area contributed by atoms with Gasteiger partial charge in [-0.1, -0.05) is 0 Å². The highest BCUT2D eigenvalue weighted by atomic mass is 16.2. The highest BCUT2D eigenvalue weighted by Crippen LogP contribution is 2.10. The third kappa shape index (κ3) is 1.97. The molecule has 1 heterocycles. The van der Waals surface area contributed by atoms with E-state index in [-0.39, 0.29) is 5.91 Å². The molecule has 3 heteroatoms. The van der Waals surface area contributed by atoms with Gasteiger partial charge < -0.3 is 9.74 Å². The number of hydrogen-bond acceptors (Lipinski definition) is 1. The molecule has 0 aromatic heterocycles. The first-order valence-corrected chi connectivity index (χ1v) is 4.41. The molecule has 12 heavy (non-hydrogen) atoms. The van der Waals surface area contributed by atoms with Crippen molar-refractivity contribution < 1.29 is 4.79 Å². The van der Waals surface area contributed by atoms with Gasteiger partial charge in [0.1, 0.15) is 0 Å². The lowest BCUT2D eigenvalue weighted by molar-refractivity contribution is -0.132. The largest absolute Gasteiger partial charge is 0.336 e. The number of nitrogens with zero attached hydrogens (tertiary/aromatic N) is 2. The van der Waals surface area contributed by atoms with Gasteiger partial charge in [-0.05, 0) is 19.3 Å². The first kappa shape index (κ1) is 9.05. The fourth-order valence-electron chi connectivity index (χ4n) is 1.43. The summed E-state index contributed by atoms with van der Waals surface area (Å²) in [6.07, 6.45) is 3.41. The summed E-state index contributed by atoms with van der Waals surface area (Å²) in [6, 6.07) is -0.483. The van der Waals surface area contributed by atoms with Crippen LogP contribution in [0.1, 0.15) is 26.2 Å². The van der Waals surface area contributed by atoms with Gasteiger partial charge in [0.15, 0.2) is 0 Å². The zero-order valence-corrected chi connectivity index (χ0v) is 7.42. The van der Waals surface area contributed by atoms with E-state index in [1.165, 1.54) is 6.42 Å². The van der Waals surface area contributed by atoms with Crippen LogP contribution in [0.2, 0.25) is 0 Å². The van der Waals surface area contributed by atoms with Gasteiger partial charge in [0.25, 0.3) is 6.04 Å². The Morgan fingerprint density at radius 3 is 2.50 bits per heavy atom. The van der Waals surface area contributed by atoms with Crippen LogP contribution in [-0.2, 0) is 4.79 Å². The molecule has 1 rings (SSSR count). The number of hydrogen-bond donors (Lipinski definition) is 0. The lowest BCUT2D eigenvalue weighted by Crippen LogP contribution is -2.40. The van der Waals surface area contributed by atoms with Crippen molar-refractivity contribution in [3.05, 3.63) is 11.4 Å². The molecule has 1 aliphatic heterocycles. The molecule has 0 saturated carbocycles.